The summed E-state index contributed by atoms with van der Waals surface area (Å²) in [6, 6.07) is 6.61. The molecule has 0 radical (unpaired) electrons. The number of para-hydroxylation sites is 1. The Morgan fingerprint density at radius 1 is 1.38 bits per heavy atom. The molecule has 0 unspecified atom stereocenters. The SMILES string of the molecule is COC(CSc1ccccc1[N+](=O)[O-])OC. The van der Waals surface area contributed by atoms with Gasteiger partial charge in [-0.1, -0.05) is 12.1 Å². The fourth-order valence-electron chi connectivity index (χ4n) is 1.12. The lowest BCUT2D eigenvalue weighted by atomic mass is 10.3. The van der Waals surface area contributed by atoms with Gasteiger partial charge < -0.3 is 9.47 Å². The first kappa shape index (κ1) is 13.0. The van der Waals surface area contributed by atoms with Crippen molar-refractivity contribution < 1.29 is 14.4 Å². The Kier molecular flexibility index (Phi) is 5.24. The number of hydrogen-bond donors (Lipinski definition) is 0. The van der Waals surface area contributed by atoms with Gasteiger partial charge in [-0.15, -0.1) is 11.8 Å². The molecule has 0 saturated carbocycles. The summed E-state index contributed by atoms with van der Waals surface area (Å²) in [4.78, 5) is 11.0. The van der Waals surface area contributed by atoms with E-state index in [1.54, 1.807) is 18.2 Å². The molecule has 0 heterocycles. The number of ether oxygens (including phenoxy) is 2. The average molecular weight is 243 g/mol. The van der Waals surface area contributed by atoms with E-state index in [-0.39, 0.29) is 12.0 Å². The minimum atomic E-state index is -0.392. The van der Waals surface area contributed by atoms with Gasteiger partial charge in [-0.05, 0) is 6.07 Å². The molecule has 0 aliphatic rings. The normalized spacial score (nSPS) is 10.7. The van der Waals surface area contributed by atoms with Gasteiger partial charge in [0.2, 0.25) is 0 Å². The van der Waals surface area contributed by atoms with Gasteiger partial charge in [0.15, 0.2) is 6.29 Å². The summed E-state index contributed by atoms with van der Waals surface area (Å²) < 4.78 is 10.0. The second-order valence-electron chi connectivity index (χ2n) is 2.94. The minimum absolute atomic E-state index is 0.110. The summed E-state index contributed by atoms with van der Waals surface area (Å²) in [7, 11) is 3.07. The molecule has 0 atom stereocenters. The highest BCUT2D eigenvalue weighted by Gasteiger charge is 2.14. The third-order valence-electron chi connectivity index (χ3n) is 1.96. The highest BCUT2D eigenvalue weighted by Crippen LogP contribution is 2.29. The molecule has 0 amide bonds. The lowest BCUT2D eigenvalue weighted by Gasteiger charge is -2.12. The predicted octanol–water partition coefficient (Wildman–Crippen LogP) is 2.31. The van der Waals surface area contributed by atoms with Crippen LogP contribution in [0.5, 0.6) is 0 Å². The maximum atomic E-state index is 10.7. The summed E-state index contributed by atoms with van der Waals surface area (Å²) in [6.07, 6.45) is -0.357. The van der Waals surface area contributed by atoms with Crippen molar-refractivity contribution in [2.24, 2.45) is 0 Å². The van der Waals surface area contributed by atoms with E-state index < -0.39 is 4.92 Å². The molecular weight excluding hydrogens is 230 g/mol. The summed E-state index contributed by atoms with van der Waals surface area (Å²) >= 11 is 1.34. The Labute approximate surface area is 97.9 Å². The van der Waals surface area contributed by atoms with Crippen LogP contribution in [0.1, 0.15) is 0 Å². The van der Waals surface area contributed by atoms with Crippen molar-refractivity contribution in [3.8, 4) is 0 Å². The van der Waals surface area contributed by atoms with Crippen LogP contribution in [0.3, 0.4) is 0 Å². The lowest BCUT2D eigenvalue weighted by Crippen LogP contribution is -2.15. The van der Waals surface area contributed by atoms with Crippen LogP contribution in [0, 0.1) is 10.1 Å². The highest BCUT2D eigenvalue weighted by molar-refractivity contribution is 7.99. The van der Waals surface area contributed by atoms with Crippen LogP contribution in [0.15, 0.2) is 29.2 Å². The molecule has 16 heavy (non-hydrogen) atoms. The topological polar surface area (TPSA) is 61.6 Å². The average Bonchev–Trinajstić information content (AvgIpc) is 2.30. The summed E-state index contributed by atoms with van der Waals surface area (Å²) in [5, 5.41) is 10.7. The molecule has 0 bridgehead atoms. The Morgan fingerprint density at radius 3 is 2.56 bits per heavy atom. The second kappa shape index (κ2) is 6.47. The van der Waals surface area contributed by atoms with Crippen molar-refractivity contribution >= 4 is 17.4 Å². The van der Waals surface area contributed by atoms with Crippen molar-refractivity contribution in [3.63, 3.8) is 0 Å². The van der Waals surface area contributed by atoms with Gasteiger partial charge in [-0.2, -0.15) is 0 Å². The molecule has 0 aliphatic heterocycles. The molecule has 88 valence electrons. The Balaban J connectivity index is 2.69. The van der Waals surface area contributed by atoms with Crippen LogP contribution in [0.4, 0.5) is 5.69 Å². The van der Waals surface area contributed by atoms with E-state index in [4.69, 9.17) is 9.47 Å². The summed E-state index contributed by atoms with van der Waals surface area (Å²) in [6.45, 7) is 0. The Bertz CT molecular complexity index is 354. The number of rotatable bonds is 6. The molecule has 1 rings (SSSR count). The number of nitrogens with zero attached hydrogens (tertiary/aromatic N) is 1. The molecule has 0 aliphatic carbocycles. The molecule has 5 nitrogen and oxygen atoms in total. The van der Waals surface area contributed by atoms with Gasteiger partial charge in [-0.25, -0.2) is 0 Å². The first-order chi connectivity index (χ1) is 7.69. The van der Waals surface area contributed by atoms with E-state index in [9.17, 15) is 10.1 Å². The van der Waals surface area contributed by atoms with Crippen molar-refractivity contribution in [2.75, 3.05) is 20.0 Å². The van der Waals surface area contributed by atoms with Crippen LogP contribution in [0.25, 0.3) is 0 Å². The zero-order valence-corrected chi connectivity index (χ0v) is 9.90. The molecule has 1 aromatic rings. The fourth-order valence-corrected chi connectivity index (χ4v) is 2.17. The van der Waals surface area contributed by atoms with Crippen LogP contribution >= 0.6 is 11.8 Å². The van der Waals surface area contributed by atoms with Crippen molar-refractivity contribution in [3.05, 3.63) is 34.4 Å². The number of nitro groups is 1. The summed E-state index contributed by atoms with van der Waals surface area (Å²) in [5.41, 5.74) is 0.110. The molecule has 0 fully saturated rings. The number of nitro benzene ring substituents is 1. The lowest BCUT2D eigenvalue weighted by molar-refractivity contribution is -0.387. The van der Waals surface area contributed by atoms with E-state index in [0.717, 1.165) is 0 Å². The van der Waals surface area contributed by atoms with E-state index in [1.165, 1.54) is 32.0 Å². The maximum absolute atomic E-state index is 10.7. The van der Waals surface area contributed by atoms with Gasteiger partial charge >= 0.3 is 0 Å². The van der Waals surface area contributed by atoms with Crippen LogP contribution in [-0.4, -0.2) is 31.2 Å². The molecule has 0 spiro atoms. The standard InChI is InChI=1S/C10H13NO4S/c1-14-10(15-2)7-16-9-6-4-3-5-8(9)11(12)13/h3-6,10H,7H2,1-2H3. The van der Waals surface area contributed by atoms with E-state index in [1.807, 2.05) is 0 Å². The minimum Gasteiger partial charge on any atom is -0.355 e. The Hall–Kier alpha value is -1.11. The third-order valence-corrected chi connectivity index (χ3v) is 3.06. The number of hydrogen-bond acceptors (Lipinski definition) is 5. The Morgan fingerprint density at radius 2 is 2.00 bits per heavy atom. The number of benzene rings is 1. The number of methoxy groups -OCH3 is 2. The van der Waals surface area contributed by atoms with Gasteiger partial charge in [0.1, 0.15) is 0 Å². The van der Waals surface area contributed by atoms with Gasteiger partial charge in [0, 0.05) is 26.0 Å². The molecule has 0 saturated heterocycles. The third kappa shape index (κ3) is 3.48. The van der Waals surface area contributed by atoms with Crippen LogP contribution in [-0.2, 0) is 9.47 Å². The molecular formula is C10H13NO4S. The van der Waals surface area contributed by atoms with Crippen molar-refractivity contribution in [1.29, 1.82) is 0 Å². The summed E-state index contributed by atoms with van der Waals surface area (Å²) in [5.74, 6) is 0.512. The van der Waals surface area contributed by atoms with E-state index >= 15 is 0 Å². The molecule has 6 heteroatoms. The van der Waals surface area contributed by atoms with Crippen molar-refractivity contribution in [1.82, 2.24) is 0 Å². The first-order valence-corrected chi connectivity index (χ1v) is 5.59. The highest BCUT2D eigenvalue weighted by atomic mass is 32.2. The number of thioether (sulfide) groups is 1. The van der Waals surface area contributed by atoms with Crippen LogP contribution < -0.4 is 0 Å². The van der Waals surface area contributed by atoms with Gasteiger partial charge in [-0.3, -0.25) is 10.1 Å². The van der Waals surface area contributed by atoms with Gasteiger partial charge in [0.25, 0.3) is 5.69 Å². The second-order valence-corrected chi connectivity index (χ2v) is 4.00. The zero-order valence-electron chi connectivity index (χ0n) is 9.08. The monoisotopic (exact) mass is 243 g/mol. The van der Waals surface area contributed by atoms with Crippen LogP contribution in [0.2, 0.25) is 0 Å². The van der Waals surface area contributed by atoms with Crippen molar-refractivity contribution in [2.45, 2.75) is 11.2 Å². The fraction of sp³-hybridized carbons (Fsp3) is 0.400. The smallest absolute Gasteiger partial charge is 0.282 e. The zero-order chi connectivity index (χ0) is 12.0. The van der Waals surface area contributed by atoms with Gasteiger partial charge in [0.05, 0.1) is 9.82 Å². The molecule has 0 N–H and O–H groups in total. The van der Waals surface area contributed by atoms with E-state index in [2.05, 4.69) is 0 Å². The van der Waals surface area contributed by atoms with E-state index in [0.29, 0.717) is 10.6 Å². The molecule has 1 aromatic carbocycles. The maximum Gasteiger partial charge on any atom is 0.282 e. The quantitative estimate of drug-likeness (QED) is 0.332. The molecule has 0 aromatic heterocycles. The predicted molar refractivity (Wildman–Crippen MR) is 61.6 cm³/mol. The largest absolute Gasteiger partial charge is 0.355 e. The first-order valence-electron chi connectivity index (χ1n) is 4.61.